The molecule has 0 spiro atoms. The smallest absolute Gasteiger partial charge is 0.306 e. The molecule has 3 rings (SSSR count). The number of fused-ring (bicyclic) bond motifs is 1. The Labute approximate surface area is 123 Å². The molecule has 1 unspecified atom stereocenters. The van der Waals surface area contributed by atoms with E-state index in [1.54, 1.807) is 13.0 Å². The zero-order chi connectivity index (χ0) is 14.3. The van der Waals surface area contributed by atoms with Gasteiger partial charge in [-0.1, -0.05) is 34.1 Å². The molecular weight excluding hydrogens is 323 g/mol. The van der Waals surface area contributed by atoms with E-state index >= 15 is 0 Å². The van der Waals surface area contributed by atoms with Gasteiger partial charge in [0.05, 0.1) is 15.9 Å². The first-order valence-electron chi connectivity index (χ1n) is 6.16. The normalized spacial score (nSPS) is 12.8. The maximum atomic E-state index is 13.6. The average Bonchev–Trinajstić information content (AvgIpc) is 2.80. The summed E-state index contributed by atoms with van der Waals surface area (Å²) in [6.45, 7) is 1.74. The van der Waals surface area contributed by atoms with E-state index in [0.717, 1.165) is 22.2 Å². The van der Waals surface area contributed by atoms with Crippen LogP contribution >= 0.6 is 15.9 Å². The third-order valence-electron chi connectivity index (χ3n) is 3.32. The molecule has 3 nitrogen and oxygen atoms in total. The molecule has 1 heterocycles. The van der Waals surface area contributed by atoms with Crippen molar-refractivity contribution in [2.75, 3.05) is 0 Å². The first kappa shape index (κ1) is 13.1. The fourth-order valence-electron chi connectivity index (χ4n) is 2.17. The van der Waals surface area contributed by atoms with Crippen molar-refractivity contribution in [1.29, 1.82) is 0 Å². The minimum absolute atomic E-state index is 0.125. The summed E-state index contributed by atoms with van der Waals surface area (Å²) >= 11 is 3.58. The Morgan fingerprint density at radius 2 is 1.70 bits per heavy atom. The maximum absolute atomic E-state index is 13.6. The number of H-pyrrole nitrogens is 2. The number of rotatable bonds is 2. The Morgan fingerprint density at radius 3 is 2.45 bits per heavy atom. The van der Waals surface area contributed by atoms with Crippen molar-refractivity contribution < 1.29 is 4.39 Å². The maximum Gasteiger partial charge on any atom is 0.323 e. The van der Waals surface area contributed by atoms with Gasteiger partial charge in [-0.2, -0.15) is 0 Å². The van der Waals surface area contributed by atoms with Gasteiger partial charge in [0.2, 0.25) is 0 Å². The molecule has 2 aromatic carbocycles. The molecule has 0 aliphatic heterocycles. The third kappa shape index (κ3) is 2.29. The molecule has 0 saturated carbocycles. The standard InChI is InChI=1S/C15H12BrFN2O/c1-8-2-3-9(6-11(8)17)14(16)10-4-5-12-13(7-10)19-15(20)18-12/h2-7,14H,1H3,(H2,18,19,20). The zero-order valence-electron chi connectivity index (χ0n) is 10.7. The van der Waals surface area contributed by atoms with Crippen LogP contribution in [0.4, 0.5) is 4.39 Å². The SMILES string of the molecule is Cc1ccc(C(Br)c2ccc3[nH]c(=O)[nH]c3c2)cc1F. The molecule has 1 atom stereocenters. The number of aromatic nitrogens is 2. The fourth-order valence-corrected chi connectivity index (χ4v) is 2.74. The van der Waals surface area contributed by atoms with Crippen LogP contribution in [-0.4, -0.2) is 9.97 Å². The van der Waals surface area contributed by atoms with Gasteiger partial charge in [0, 0.05) is 0 Å². The van der Waals surface area contributed by atoms with Gasteiger partial charge in [-0.15, -0.1) is 0 Å². The summed E-state index contributed by atoms with van der Waals surface area (Å²) in [5.74, 6) is -0.219. The van der Waals surface area contributed by atoms with Crippen LogP contribution < -0.4 is 5.69 Å². The molecule has 3 aromatic rings. The number of nitrogens with one attached hydrogen (secondary N) is 2. The summed E-state index contributed by atoms with van der Waals surface area (Å²) in [6.07, 6.45) is 0. The lowest BCUT2D eigenvalue weighted by Gasteiger charge is -2.11. The van der Waals surface area contributed by atoms with Gasteiger partial charge in [0.25, 0.3) is 0 Å². The Hall–Kier alpha value is -1.88. The van der Waals surface area contributed by atoms with Gasteiger partial charge in [-0.25, -0.2) is 9.18 Å². The average molecular weight is 335 g/mol. The van der Waals surface area contributed by atoms with E-state index in [-0.39, 0.29) is 16.3 Å². The van der Waals surface area contributed by atoms with Gasteiger partial charge in [-0.05, 0) is 41.8 Å². The highest BCUT2D eigenvalue weighted by molar-refractivity contribution is 9.09. The molecule has 0 amide bonds. The van der Waals surface area contributed by atoms with Crippen molar-refractivity contribution >= 4 is 27.0 Å². The van der Waals surface area contributed by atoms with E-state index in [9.17, 15) is 9.18 Å². The molecule has 0 fully saturated rings. The van der Waals surface area contributed by atoms with Crippen molar-refractivity contribution in [3.05, 3.63) is 69.4 Å². The number of imidazole rings is 1. The second-order valence-corrected chi connectivity index (χ2v) is 5.67. The van der Waals surface area contributed by atoms with Crippen LogP contribution in [0, 0.1) is 12.7 Å². The van der Waals surface area contributed by atoms with Crippen LogP contribution in [0.15, 0.2) is 41.2 Å². The highest BCUT2D eigenvalue weighted by Gasteiger charge is 2.13. The molecular formula is C15H12BrFN2O. The lowest BCUT2D eigenvalue weighted by molar-refractivity contribution is 0.616. The van der Waals surface area contributed by atoms with E-state index in [4.69, 9.17) is 0 Å². The molecule has 102 valence electrons. The number of hydrogen-bond acceptors (Lipinski definition) is 1. The monoisotopic (exact) mass is 334 g/mol. The number of hydrogen-bond donors (Lipinski definition) is 2. The topological polar surface area (TPSA) is 48.6 Å². The van der Waals surface area contributed by atoms with E-state index in [1.165, 1.54) is 6.07 Å². The van der Waals surface area contributed by atoms with Crippen molar-refractivity contribution in [2.45, 2.75) is 11.8 Å². The Bertz CT molecular complexity index is 837. The van der Waals surface area contributed by atoms with E-state index in [2.05, 4.69) is 25.9 Å². The first-order valence-corrected chi connectivity index (χ1v) is 7.08. The van der Waals surface area contributed by atoms with Crippen molar-refractivity contribution in [3.8, 4) is 0 Å². The minimum Gasteiger partial charge on any atom is -0.306 e. The largest absolute Gasteiger partial charge is 0.323 e. The molecule has 0 radical (unpaired) electrons. The highest BCUT2D eigenvalue weighted by Crippen LogP contribution is 2.32. The van der Waals surface area contributed by atoms with Crippen LogP contribution in [0.25, 0.3) is 11.0 Å². The summed E-state index contributed by atoms with van der Waals surface area (Å²) < 4.78 is 13.6. The Morgan fingerprint density at radius 1 is 1.05 bits per heavy atom. The van der Waals surface area contributed by atoms with E-state index < -0.39 is 0 Å². The minimum atomic E-state index is -0.232. The molecule has 0 saturated heterocycles. The quantitative estimate of drug-likeness (QED) is 0.688. The first-order chi connectivity index (χ1) is 9.54. The second kappa shape index (κ2) is 4.90. The third-order valence-corrected chi connectivity index (χ3v) is 4.38. The summed E-state index contributed by atoms with van der Waals surface area (Å²) in [5, 5.41) is 0. The summed E-state index contributed by atoms with van der Waals surface area (Å²) in [4.78, 5) is 16.5. The predicted molar refractivity (Wildman–Crippen MR) is 80.8 cm³/mol. The van der Waals surface area contributed by atoms with Gasteiger partial charge in [-0.3, -0.25) is 0 Å². The number of benzene rings is 2. The summed E-state index contributed by atoms with van der Waals surface area (Å²) in [6, 6.07) is 10.8. The van der Waals surface area contributed by atoms with Crippen LogP contribution in [0.2, 0.25) is 0 Å². The van der Waals surface area contributed by atoms with Crippen LogP contribution in [0.3, 0.4) is 0 Å². The van der Waals surface area contributed by atoms with Gasteiger partial charge in [0.15, 0.2) is 0 Å². The summed E-state index contributed by atoms with van der Waals surface area (Å²) in [7, 11) is 0. The number of aryl methyl sites for hydroxylation is 1. The van der Waals surface area contributed by atoms with Gasteiger partial charge < -0.3 is 9.97 Å². The lowest BCUT2D eigenvalue weighted by Crippen LogP contribution is -1.99. The highest BCUT2D eigenvalue weighted by atomic mass is 79.9. The predicted octanol–water partition coefficient (Wildman–Crippen LogP) is 3.79. The zero-order valence-corrected chi connectivity index (χ0v) is 12.3. The number of aromatic amines is 2. The van der Waals surface area contributed by atoms with Gasteiger partial charge in [0.1, 0.15) is 5.82 Å². The second-order valence-electron chi connectivity index (χ2n) is 4.76. The molecule has 2 N–H and O–H groups in total. The van der Waals surface area contributed by atoms with Crippen molar-refractivity contribution in [3.63, 3.8) is 0 Å². The van der Waals surface area contributed by atoms with Crippen LogP contribution in [0.1, 0.15) is 21.5 Å². The Kier molecular flexibility index (Phi) is 3.22. The molecule has 0 aliphatic rings. The molecule has 0 bridgehead atoms. The van der Waals surface area contributed by atoms with Gasteiger partial charge >= 0.3 is 5.69 Å². The Balaban J connectivity index is 2.04. The molecule has 20 heavy (non-hydrogen) atoms. The molecule has 0 aliphatic carbocycles. The number of halogens is 2. The molecule has 1 aromatic heterocycles. The van der Waals surface area contributed by atoms with Crippen LogP contribution in [0.5, 0.6) is 0 Å². The van der Waals surface area contributed by atoms with Crippen molar-refractivity contribution in [2.24, 2.45) is 0 Å². The lowest BCUT2D eigenvalue weighted by atomic mass is 10.0. The van der Waals surface area contributed by atoms with E-state index in [1.807, 2.05) is 24.3 Å². The van der Waals surface area contributed by atoms with Crippen molar-refractivity contribution in [1.82, 2.24) is 9.97 Å². The molecule has 5 heteroatoms. The van der Waals surface area contributed by atoms with Crippen LogP contribution in [-0.2, 0) is 0 Å². The summed E-state index contributed by atoms with van der Waals surface area (Å²) in [5.41, 5.74) is 3.68. The van der Waals surface area contributed by atoms with E-state index in [0.29, 0.717) is 5.56 Å². The fraction of sp³-hybridized carbons (Fsp3) is 0.133. The number of alkyl halides is 1.